The Morgan fingerprint density at radius 1 is 1.00 bits per heavy atom. The molecule has 7 heteroatoms. The molecule has 0 spiro atoms. The third-order valence-electron chi connectivity index (χ3n) is 1.83. The van der Waals surface area contributed by atoms with Gasteiger partial charge in [-0.1, -0.05) is 64.6 Å². The van der Waals surface area contributed by atoms with Crippen LogP contribution in [0, 0.1) is 0 Å². The summed E-state index contributed by atoms with van der Waals surface area (Å²) < 4.78 is 4.80. The van der Waals surface area contributed by atoms with Crippen LogP contribution in [-0.4, -0.2) is 5.97 Å². The zero-order chi connectivity index (χ0) is 13.2. The summed E-state index contributed by atoms with van der Waals surface area (Å²) >= 11 is 29.3. The number of ether oxygens (including phenoxy) is 1. The Morgan fingerprint density at radius 3 is 1.82 bits per heavy atom. The highest BCUT2D eigenvalue weighted by Crippen LogP contribution is 2.44. The summed E-state index contributed by atoms with van der Waals surface area (Å²) in [4.78, 5) is 10.9. The number of carbonyl (C=O) groups excluding carboxylic acids is 1. The second-order valence-electron chi connectivity index (χ2n) is 2.86. The van der Waals surface area contributed by atoms with Gasteiger partial charge in [-0.3, -0.25) is 0 Å². The van der Waals surface area contributed by atoms with Gasteiger partial charge >= 0.3 is 5.97 Å². The van der Waals surface area contributed by atoms with Crippen molar-refractivity contribution >= 4 is 64.0 Å². The van der Waals surface area contributed by atoms with E-state index in [1.165, 1.54) is 0 Å². The lowest BCUT2D eigenvalue weighted by molar-refractivity contribution is -0.138. The smallest absolute Gasteiger partial charge is 0.330 e. The van der Waals surface area contributed by atoms with E-state index >= 15 is 0 Å². The zero-order valence-electron chi connectivity index (χ0n) is 8.20. The van der Waals surface area contributed by atoms with Gasteiger partial charge < -0.3 is 4.74 Å². The standard InChI is InChI=1S/C10H5Cl5O2/c1-2-5(16)17-3-4-6(11)8(13)10(15)9(14)7(4)12/h2H,1,3H2. The van der Waals surface area contributed by atoms with E-state index in [0.717, 1.165) is 6.08 Å². The monoisotopic (exact) mass is 332 g/mol. The van der Waals surface area contributed by atoms with Gasteiger partial charge in [0, 0.05) is 11.6 Å². The SMILES string of the molecule is C=CC(=O)OCc1c(Cl)c(Cl)c(Cl)c(Cl)c1Cl. The minimum absolute atomic E-state index is 0.0575. The van der Waals surface area contributed by atoms with Gasteiger partial charge in [-0.05, 0) is 0 Å². The second kappa shape index (κ2) is 6.17. The molecule has 0 bridgehead atoms. The van der Waals surface area contributed by atoms with E-state index in [4.69, 9.17) is 62.7 Å². The average molecular weight is 334 g/mol. The van der Waals surface area contributed by atoms with Crippen LogP contribution in [0.1, 0.15) is 5.56 Å². The maximum absolute atomic E-state index is 10.9. The first-order valence-corrected chi connectivity index (χ1v) is 6.08. The molecule has 1 rings (SSSR count). The molecular weight excluding hydrogens is 329 g/mol. The molecule has 1 aromatic rings. The van der Waals surface area contributed by atoms with Crippen molar-refractivity contribution in [2.75, 3.05) is 0 Å². The molecule has 0 unspecified atom stereocenters. The molecule has 92 valence electrons. The molecule has 0 saturated carbocycles. The lowest BCUT2D eigenvalue weighted by Gasteiger charge is -2.12. The van der Waals surface area contributed by atoms with Crippen LogP contribution >= 0.6 is 58.0 Å². The molecule has 0 heterocycles. The predicted octanol–water partition coefficient (Wildman–Crippen LogP) is 5.18. The van der Waals surface area contributed by atoms with Gasteiger partial charge in [0.2, 0.25) is 0 Å². The van der Waals surface area contributed by atoms with Crippen LogP contribution in [0.3, 0.4) is 0 Å². The summed E-state index contributed by atoms with van der Waals surface area (Å²) in [6.07, 6.45) is 1.01. The summed E-state index contributed by atoms with van der Waals surface area (Å²) in [6.45, 7) is 3.09. The van der Waals surface area contributed by atoms with Gasteiger partial charge in [-0.25, -0.2) is 4.79 Å². The average Bonchev–Trinajstić information content (AvgIpc) is 2.33. The maximum atomic E-state index is 10.9. The third-order valence-corrected chi connectivity index (χ3v) is 4.18. The number of carbonyl (C=O) groups is 1. The minimum Gasteiger partial charge on any atom is -0.458 e. The second-order valence-corrected chi connectivity index (χ2v) is 4.75. The summed E-state index contributed by atoms with van der Waals surface area (Å²) in [5.74, 6) is -0.612. The van der Waals surface area contributed by atoms with Crippen molar-refractivity contribution in [1.82, 2.24) is 0 Å². The molecule has 0 amide bonds. The number of hydrogen-bond acceptors (Lipinski definition) is 2. The molecule has 0 fully saturated rings. The molecule has 0 aliphatic heterocycles. The quantitative estimate of drug-likeness (QED) is 0.329. The van der Waals surface area contributed by atoms with Crippen molar-refractivity contribution in [1.29, 1.82) is 0 Å². The molecular formula is C10H5Cl5O2. The lowest BCUT2D eigenvalue weighted by Crippen LogP contribution is -2.02. The Kier molecular flexibility index (Phi) is 5.42. The topological polar surface area (TPSA) is 26.3 Å². The van der Waals surface area contributed by atoms with Crippen LogP contribution in [0.4, 0.5) is 0 Å². The summed E-state index contributed by atoms with van der Waals surface area (Å²) in [5, 5.41) is 0.382. The van der Waals surface area contributed by atoms with Crippen molar-refractivity contribution in [3.8, 4) is 0 Å². The van der Waals surface area contributed by atoms with Gasteiger partial charge in [-0.15, -0.1) is 0 Å². The van der Waals surface area contributed by atoms with Crippen molar-refractivity contribution < 1.29 is 9.53 Å². The molecule has 1 aromatic carbocycles. The predicted molar refractivity (Wildman–Crippen MR) is 71.5 cm³/mol. The molecule has 0 aromatic heterocycles. The molecule has 17 heavy (non-hydrogen) atoms. The van der Waals surface area contributed by atoms with E-state index in [2.05, 4.69) is 6.58 Å². The molecule has 0 atom stereocenters. The van der Waals surface area contributed by atoms with E-state index in [1.807, 2.05) is 0 Å². The first-order chi connectivity index (χ1) is 7.90. The molecule has 0 aliphatic carbocycles. The summed E-state index contributed by atoms with van der Waals surface area (Å²) in [6, 6.07) is 0. The van der Waals surface area contributed by atoms with Crippen LogP contribution in [-0.2, 0) is 16.1 Å². The number of benzene rings is 1. The van der Waals surface area contributed by atoms with Gasteiger partial charge in [0.15, 0.2) is 0 Å². The normalized spacial score (nSPS) is 10.2. The van der Waals surface area contributed by atoms with Crippen LogP contribution in [0.2, 0.25) is 25.1 Å². The lowest BCUT2D eigenvalue weighted by atomic mass is 10.2. The van der Waals surface area contributed by atoms with Crippen molar-refractivity contribution in [2.45, 2.75) is 6.61 Å². The Labute approximate surface area is 123 Å². The highest BCUT2D eigenvalue weighted by molar-refractivity contribution is 6.55. The van der Waals surface area contributed by atoms with Crippen LogP contribution in [0.15, 0.2) is 12.7 Å². The van der Waals surface area contributed by atoms with Crippen LogP contribution in [0.25, 0.3) is 0 Å². The van der Waals surface area contributed by atoms with Crippen molar-refractivity contribution in [3.63, 3.8) is 0 Å². The number of esters is 1. The number of halogens is 5. The first kappa shape index (κ1) is 14.9. The summed E-state index contributed by atoms with van der Waals surface area (Å²) in [5.41, 5.74) is 0.294. The Morgan fingerprint density at radius 2 is 1.41 bits per heavy atom. The zero-order valence-corrected chi connectivity index (χ0v) is 12.0. The van der Waals surface area contributed by atoms with Crippen LogP contribution < -0.4 is 0 Å². The Balaban J connectivity index is 3.16. The van der Waals surface area contributed by atoms with E-state index in [1.54, 1.807) is 0 Å². The van der Waals surface area contributed by atoms with E-state index in [9.17, 15) is 4.79 Å². The fourth-order valence-corrected chi connectivity index (χ4v) is 2.27. The van der Waals surface area contributed by atoms with Crippen molar-refractivity contribution in [2.24, 2.45) is 0 Å². The minimum atomic E-state index is -0.612. The highest BCUT2D eigenvalue weighted by Gasteiger charge is 2.19. The molecule has 2 nitrogen and oxygen atoms in total. The molecule has 0 radical (unpaired) electrons. The van der Waals surface area contributed by atoms with E-state index in [-0.39, 0.29) is 31.7 Å². The summed E-state index contributed by atoms with van der Waals surface area (Å²) in [7, 11) is 0. The van der Waals surface area contributed by atoms with Crippen LogP contribution in [0.5, 0.6) is 0 Å². The Bertz CT molecular complexity index is 455. The number of hydrogen-bond donors (Lipinski definition) is 0. The maximum Gasteiger partial charge on any atom is 0.330 e. The van der Waals surface area contributed by atoms with Gasteiger partial charge in [0.25, 0.3) is 0 Å². The van der Waals surface area contributed by atoms with E-state index in [0.29, 0.717) is 5.56 Å². The van der Waals surface area contributed by atoms with E-state index < -0.39 is 5.97 Å². The number of rotatable bonds is 3. The van der Waals surface area contributed by atoms with Gasteiger partial charge in [0.1, 0.15) is 6.61 Å². The molecule has 0 saturated heterocycles. The van der Waals surface area contributed by atoms with Crippen molar-refractivity contribution in [3.05, 3.63) is 43.3 Å². The molecule has 0 aliphatic rings. The highest BCUT2D eigenvalue weighted by atomic mass is 35.5. The van der Waals surface area contributed by atoms with Gasteiger partial charge in [-0.2, -0.15) is 0 Å². The largest absolute Gasteiger partial charge is 0.458 e. The Hall–Kier alpha value is -0.120. The fourth-order valence-electron chi connectivity index (χ4n) is 0.979. The fraction of sp³-hybridized carbons (Fsp3) is 0.100. The first-order valence-electron chi connectivity index (χ1n) is 4.19. The third kappa shape index (κ3) is 3.21. The van der Waals surface area contributed by atoms with Gasteiger partial charge in [0.05, 0.1) is 25.1 Å². The molecule has 0 N–H and O–H groups in total.